The van der Waals surface area contributed by atoms with Gasteiger partial charge >= 0.3 is 0 Å². The number of benzene rings is 2. The summed E-state index contributed by atoms with van der Waals surface area (Å²) in [6.45, 7) is 0.344. The first-order valence-electron chi connectivity index (χ1n) is 10.9. The molecule has 0 aliphatic carbocycles. The van der Waals surface area contributed by atoms with E-state index in [9.17, 15) is 14.4 Å². The predicted molar refractivity (Wildman–Crippen MR) is 122 cm³/mol. The monoisotopic (exact) mass is 439 g/mol. The molecule has 1 fully saturated rings. The molecule has 164 valence electrons. The topological polar surface area (TPSA) is 100 Å². The Morgan fingerprint density at radius 2 is 1.88 bits per heavy atom. The van der Waals surface area contributed by atoms with Crippen LogP contribution in [0.25, 0.3) is 33.4 Å². The molecule has 0 spiro atoms. The van der Waals surface area contributed by atoms with Crippen molar-refractivity contribution in [3.8, 4) is 22.5 Å². The maximum Gasteiger partial charge on any atom is 0.255 e. The van der Waals surface area contributed by atoms with Gasteiger partial charge in [-0.3, -0.25) is 24.4 Å². The highest BCUT2D eigenvalue weighted by molar-refractivity contribution is 6.05. The number of rotatable bonds is 3. The number of piperidine rings is 1. The van der Waals surface area contributed by atoms with Gasteiger partial charge in [0.05, 0.1) is 17.6 Å². The fourth-order valence-electron chi connectivity index (χ4n) is 4.91. The number of carbonyl (C=O) groups excluding carboxylic acids is 3. The fourth-order valence-corrected chi connectivity index (χ4v) is 4.91. The number of carbonyl (C=O) groups is 3. The highest BCUT2D eigenvalue weighted by atomic mass is 16.2. The second kappa shape index (κ2) is 7.16. The van der Waals surface area contributed by atoms with Crippen LogP contribution in [0.5, 0.6) is 0 Å². The molecule has 33 heavy (non-hydrogen) atoms. The lowest BCUT2D eigenvalue weighted by molar-refractivity contribution is -0.136. The number of imide groups is 1. The van der Waals surface area contributed by atoms with E-state index >= 15 is 0 Å². The van der Waals surface area contributed by atoms with Crippen LogP contribution in [0.3, 0.4) is 0 Å². The van der Waals surface area contributed by atoms with E-state index in [1.807, 2.05) is 54.3 Å². The number of aryl methyl sites for hydroxylation is 1. The Kier molecular flexibility index (Phi) is 4.23. The maximum absolute atomic E-state index is 13.0. The third kappa shape index (κ3) is 3.06. The lowest BCUT2D eigenvalue weighted by Gasteiger charge is -2.29. The van der Waals surface area contributed by atoms with Crippen molar-refractivity contribution in [3.63, 3.8) is 0 Å². The number of fused-ring (bicyclic) bond motifs is 2. The average Bonchev–Trinajstić information content (AvgIpc) is 3.48. The number of hydrogen-bond acceptors (Lipinski definition) is 4. The van der Waals surface area contributed by atoms with Gasteiger partial charge in [-0.05, 0) is 41.8 Å². The van der Waals surface area contributed by atoms with Crippen LogP contribution in [0.15, 0.2) is 54.7 Å². The largest absolute Gasteiger partial charge is 0.353 e. The van der Waals surface area contributed by atoms with Gasteiger partial charge in [-0.25, -0.2) is 0 Å². The van der Waals surface area contributed by atoms with E-state index in [4.69, 9.17) is 0 Å². The quantitative estimate of drug-likeness (QED) is 0.479. The van der Waals surface area contributed by atoms with Crippen molar-refractivity contribution in [2.24, 2.45) is 7.05 Å². The minimum absolute atomic E-state index is 0.173. The van der Waals surface area contributed by atoms with Crippen LogP contribution in [0.4, 0.5) is 0 Å². The summed E-state index contributed by atoms with van der Waals surface area (Å²) in [7, 11) is 1.91. The molecule has 2 aromatic carbocycles. The third-order valence-electron chi connectivity index (χ3n) is 6.56. The maximum atomic E-state index is 13.0. The Morgan fingerprint density at radius 1 is 1.03 bits per heavy atom. The molecule has 0 bridgehead atoms. The molecule has 2 aliphatic rings. The van der Waals surface area contributed by atoms with Crippen LogP contribution in [0.2, 0.25) is 0 Å². The van der Waals surface area contributed by atoms with E-state index in [-0.39, 0.29) is 18.2 Å². The van der Waals surface area contributed by atoms with Crippen molar-refractivity contribution < 1.29 is 14.4 Å². The summed E-state index contributed by atoms with van der Waals surface area (Å²) in [6.07, 6.45) is 2.42. The molecule has 8 heteroatoms. The zero-order chi connectivity index (χ0) is 22.7. The molecule has 4 aromatic rings. The number of nitrogens with zero attached hydrogens (tertiary/aromatic N) is 3. The molecule has 2 aromatic heterocycles. The third-order valence-corrected chi connectivity index (χ3v) is 6.56. The van der Waals surface area contributed by atoms with Crippen LogP contribution in [-0.4, -0.2) is 43.4 Å². The predicted octanol–water partition coefficient (Wildman–Crippen LogP) is 3.00. The first-order chi connectivity index (χ1) is 16.0. The van der Waals surface area contributed by atoms with Gasteiger partial charge in [0.25, 0.3) is 5.91 Å². The molecule has 6 rings (SSSR count). The normalized spacial score (nSPS) is 18.2. The van der Waals surface area contributed by atoms with E-state index in [1.165, 1.54) is 0 Å². The van der Waals surface area contributed by atoms with Gasteiger partial charge in [-0.15, -0.1) is 0 Å². The van der Waals surface area contributed by atoms with Crippen molar-refractivity contribution >= 4 is 28.6 Å². The molecule has 0 saturated carbocycles. The van der Waals surface area contributed by atoms with Crippen LogP contribution in [0.1, 0.15) is 28.8 Å². The van der Waals surface area contributed by atoms with Gasteiger partial charge in [0.15, 0.2) is 0 Å². The smallest absolute Gasteiger partial charge is 0.255 e. The summed E-state index contributed by atoms with van der Waals surface area (Å²) in [4.78, 5) is 41.9. The van der Waals surface area contributed by atoms with E-state index in [0.717, 1.165) is 39.0 Å². The number of aromatic nitrogens is 3. The zero-order valence-electron chi connectivity index (χ0n) is 18.0. The summed E-state index contributed by atoms with van der Waals surface area (Å²) in [5, 5.41) is 7.96. The van der Waals surface area contributed by atoms with Crippen molar-refractivity contribution in [1.82, 2.24) is 25.0 Å². The number of hydrogen-bond donors (Lipinski definition) is 2. The van der Waals surface area contributed by atoms with Crippen molar-refractivity contribution in [1.29, 1.82) is 0 Å². The molecule has 1 atom stereocenters. The molecule has 1 unspecified atom stereocenters. The molecule has 0 radical (unpaired) electrons. The lowest BCUT2D eigenvalue weighted by Crippen LogP contribution is -2.52. The molecule has 2 N–H and O–H groups in total. The molecular weight excluding hydrogens is 418 g/mol. The summed E-state index contributed by atoms with van der Waals surface area (Å²) in [6, 6.07) is 15.4. The molecule has 1 saturated heterocycles. The second-order valence-corrected chi connectivity index (χ2v) is 8.57. The van der Waals surface area contributed by atoms with Crippen LogP contribution >= 0.6 is 0 Å². The Labute approximate surface area is 189 Å². The van der Waals surface area contributed by atoms with Crippen molar-refractivity contribution in [2.75, 3.05) is 0 Å². The molecular formula is C25H21N5O3. The number of nitrogens with one attached hydrogen (secondary N) is 2. The Bertz CT molecular complexity index is 1430. The highest BCUT2D eigenvalue weighted by Gasteiger charge is 2.39. The second-order valence-electron chi connectivity index (χ2n) is 8.57. The van der Waals surface area contributed by atoms with Gasteiger partial charge < -0.3 is 9.88 Å². The summed E-state index contributed by atoms with van der Waals surface area (Å²) in [5.74, 6) is -0.863. The van der Waals surface area contributed by atoms with Crippen LogP contribution in [0, 0.1) is 0 Å². The molecule has 3 amide bonds. The summed E-state index contributed by atoms with van der Waals surface area (Å²) in [5.41, 5.74) is 6.35. The standard InChI is InChI=1S/C25H21N5O3/c1-29-23(20-11-15-4-2-3-5-19(15)27-20)18(12-26-29)14-6-7-17-16(10-14)13-30(25(17)33)21-8-9-22(31)28-24(21)32/h2-7,10-12,21,27H,8-9,13H2,1H3,(H,28,31,32). The number of para-hydroxylation sites is 1. The van der Waals surface area contributed by atoms with Crippen molar-refractivity contribution in [3.05, 3.63) is 65.9 Å². The van der Waals surface area contributed by atoms with E-state index < -0.39 is 11.9 Å². The first kappa shape index (κ1) is 19.5. The Hall–Kier alpha value is -4.20. The Balaban J connectivity index is 1.36. The van der Waals surface area contributed by atoms with E-state index in [0.29, 0.717) is 18.5 Å². The lowest BCUT2D eigenvalue weighted by atomic mass is 10.00. The van der Waals surface area contributed by atoms with Crippen LogP contribution in [-0.2, 0) is 23.2 Å². The number of H-pyrrole nitrogens is 1. The highest BCUT2D eigenvalue weighted by Crippen LogP contribution is 2.36. The first-order valence-corrected chi connectivity index (χ1v) is 10.9. The minimum Gasteiger partial charge on any atom is -0.353 e. The average molecular weight is 439 g/mol. The fraction of sp³-hybridized carbons (Fsp3) is 0.200. The molecule has 8 nitrogen and oxygen atoms in total. The SMILES string of the molecule is Cn1ncc(-c2ccc3c(c2)CN(C2CCC(=O)NC2=O)C3=O)c1-c1cc2ccccc2[nH]1. The van der Waals surface area contributed by atoms with Gasteiger partial charge in [0, 0.05) is 42.0 Å². The van der Waals surface area contributed by atoms with Gasteiger partial charge in [-0.1, -0.05) is 24.3 Å². The zero-order valence-corrected chi connectivity index (χ0v) is 18.0. The van der Waals surface area contributed by atoms with Crippen molar-refractivity contribution in [2.45, 2.75) is 25.4 Å². The summed E-state index contributed by atoms with van der Waals surface area (Å²) < 4.78 is 1.84. The molecule has 2 aliphatic heterocycles. The van der Waals surface area contributed by atoms with E-state index in [2.05, 4.69) is 27.5 Å². The van der Waals surface area contributed by atoms with E-state index in [1.54, 1.807) is 4.90 Å². The molecule has 4 heterocycles. The number of aromatic amines is 1. The summed E-state index contributed by atoms with van der Waals surface area (Å²) >= 11 is 0. The number of amides is 3. The van der Waals surface area contributed by atoms with Gasteiger partial charge in [-0.2, -0.15) is 5.10 Å². The van der Waals surface area contributed by atoms with Gasteiger partial charge in [0.2, 0.25) is 11.8 Å². The van der Waals surface area contributed by atoms with Crippen LogP contribution < -0.4 is 5.32 Å². The Morgan fingerprint density at radius 3 is 2.70 bits per heavy atom. The van der Waals surface area contributed by atoms with Gasteiger partial charge in [0.1, 0.15) is 6.04 Å². The minimum atomic E-state index is -0.619.